The van der Waals surface area contributed by atoms with Gasteiger partial charge in [-0.1, -0.05) is 48.0 Å². The van der Waals surface area contributed by atoms with Crippen LogP contribution in [0.3, 0.4) is 0 Å². The number of aromatic nitrogens is 3. The third-order valence-corrected chi connectivity index (χ3v) is 6.66. The molecule has 174 valence electrons. The number of fused-ring (bicyclic) bond motifs is 5. The van der Waals surface area contributed by atoms with E-state index in [2.05, 4.69) is 10.3 Å². The number of hydrogen-bond donors (Lipinski definition) is 1. The van der Waals surface area contributed by atoms with Crippen LogP contribution in [0.15, 0.2) is 77.6 Å². The Morgan fingerprint density at radius 1 is 1.06 bits per heavy atom. The van der Waals surface area contributed by atoms with E-state index in [-0.39, 0.29) is 23.8 Å². The molecule has 0 saturated carbocycles. The van der Waals surface area contributed by atoms with Crippen LogP contribution >= 0.6 is 11.6 Å². The first kappa shape index (κ1) is 21.4. The minimum atomic E-state index is -0.384. The number of hydrogen-bond acceptors (Lipinski definition) is 4. The minimum absolute atomic E-state index is 0.142. The van der Waals surface area contributed by atoms with Gasteiger partial charge in [0.15, 0.2) is 0 Å². The maximum Gasteiger partial charge on any atom is 0.260 e. The van der Waals surface area contributed by atoms with Crippen molar-refractivity contribution in [2.75, 3.05) is 5.32 Å². The largest absolute Gasteiger partial charge is 0.489 e. The lowest BCUT2D eigenvalue weighted by atomic mass is 9.86. The fraction of sp³-hybridized carbons (Fsp3) is 0.148. The van der Waals surface area contributed by atoms with Crippen molar-refractivity contribution in [1.82, 2.24) is 14.0 Å². The van der Waals surface area contributed by atoms with Crippen LogP contribution in [0, 0.1) is 0 Å². The van der Waals surface area contributed by atoms with Crippen LogP contribution in [0.2, 0.25) is 5.02 Å². The van der Waals surface area contributed by atoms with Crippen molar-refractivity contribution in [2.24, 2.45) is 7.05 Å². The number of aryl methyl sites for hydroxylation is 1. The lowest BCUT2D eigenvalue weighted by Gasteiger charge is -2.27. The van der Waals surface area contributed by atoms with E-state index in [9.17, 15) is 9.59 Å². The minimum Gasteiger partial charge on any atom is -0.489 e. The zero-order chi connectivity index (χ0) is 24.1. The average molecular weight is 485 g/mol. The number of carbonyl (C=O) groups is 1. The number of carbonyl (C=O) groups excluding carboxylic acids is 1. The number of amides is 1. The average Bonchev–Trinajstić information content (AvgIpc) is 3.26. The van der Waals surface area contributed by atoms with Gasteiger partial charge in [-0.15, -0.1) is 0 Å². The van der Waals surface area contributed by atoms with Gasteiger partial charge >= 0.3 is 0 Å². The lowest BCUT2D eigenvalue weighted by Crippen LogP contribution is -2.35. The summed E-state index contributed by atoms with van der Waals surface area (Å²) in [6.07, 6.45) is 0.184. The van der Waals surface area contributed by atoms with Crippen molar-refractivity contribution < 1.29 is 9.53 Å². The highest BCUT2D eigenvalue weighted by Crippen LogP contribution is 2.37. The zero-order valence-electron chi connectivity index (χ0n) is 18.9. The van der Waals surface area contributed by atoms with Gasteiger partial charge in [-0.3, -0.25) is 18.6 Å². The second-order valence-corrected chi connectivity index (χ2v) is 9.09. The van der Waals surface area contributed by atoms with E-state index in [0.29, 0.717) is 34.5 Å². The molecule has 1 aliphatic rings. The van der Waals surface area contributed by atoms with Crippen molar-refractivity contribution in [1.29, 1.82) is 0 Å². The number of rotatable bonds is 4. The van der Waals surface area contributed by atoms with E-state index in [1.165, 1.54) is 0 Å². The van der Waals surface area contributed by atoms with Gasteiger partial charge in [-0.2, -0.15) is 0 Å². The molecule has 1 N–H and O–H groups in total. The Morgan fingerprint density at radius 3 is 2.66 bits per heavy atom. The molecule has 35 heavy (non-hydrogen) atoms. The van der Waals surface area contributed by atoms with E-state index in [4.69, 9.17) is 16.3 Å². The summed E-state index contributed by atoms with van der Waals surface area (Å²) in [7, 11) is 1.71. The van der Waals surface area contributed by atoms with Crippen LogP contribution in [-0.4, -0.2) is 19.9 Å². The summed E-state index contributed by atoms with van der Waals surface area (Å²) in [4.78, 5) is 30.9. The quantitative estimate of drug-likeness (QED) is 0.394. The molecule has 1 amide bonds. The van der Waals surface area contributed by atoms with Gasteiger partial charge in [0.05, 0.1) is 16.6 Å². The van der Waals surface area contributed by atoms with Gasteiger partial charge in [-0.05, 0) is 47.5 Å². The van der Waals surface area contributed by atoms with E-state index < -0.39 is 0 Å². The second kappa shape index (κ2) is 8.29. The van der Waals surface area contributed by atoms with Gasteiger partial charge < -0.3 is 10.1 Å². The van der Waals surface area contributed by atoms with Gasteiger partial charge in [0.2, 0.25) is 11.7 Å². The third kappa shape index (κ3) is 3.65. The summed E-state index contributed by atoms with van der Waals surface area (Å²) in [5, 5.41) is 3.60. The van der Waals surface area contributed by atoms with E-state index in [1.54, 1.807) is 11.6 Å². The number of anilines is 1. The Hall–Kier alpha value is -4.10. The monoisotopic (exact) mass is 484 g/mol. The molecule has 0 bridgehead atoms. The summed E-state index contributed by atoms with van der Waals surface area (Å²) in [6.45, 7) is 0.390. The molecule has 3 aromatic carbocycles. The molecule has 6 rings (SSSR count). The number of imidazole rings is 1. The number of ether oxygens (including phenoxy) is 1. The lowest BCUT2D eigenvalue weighted by molar-refractivity contribution is -0.116. The molecular weight excluding hydrogens is 464 g/mol. The highest BCUT2D eigenvalue weighted by molar-refractivity contribution is 6.30. The van der Waals surface area contributed by atoms with Crippen molar-refractivity contribution in [3.05, 3.63) is 105 Å². The van der Waals surface area contributed by atoms with Crippen molar-refractivity contribution >= 4 is 40.1 Å². The Kier molecular flexibility index (Phi) is 5.07. The standard InChI is InChI=1S/C27H21ClN4O3/c1-31-26(34)24-20(17-9-11-19(12-10-17)35-15-16-5-4-6-18(28)13-16)14-23(33)30-25(24)32-22-8-3-2-7-21(22)29-27(31)32/h2-13,20H,14-15H2,1H3,(H,30,33)/t20-/m0/s1. The highest BCUT2D eigenvalue weighted by Gasteiger charge is 2.33. The van der Waals surface area contributed by atoms with Crippen molar-refractivity contribution in [3.8, 4) is 5.75 Å². The summed E-state index contributed by atoms with van der Waals surface area (Å²) < 4.78 is 9.31. The zero-order valence-corrected chi connectivity index (χ0v) is 19.6. The van der Waals surface area contributed by atoms with Gasteiger partial charge in [0.1, 0.15) is 18.2 Å². The molecule has 0 fully saturated rings. The number of halogens is 1. The molecule has 2 aromatic heterocycles. The van der Waals surface area contributed by atoms with E-state index in [0.717, 1.165) is 22.2 Å². The summed E-state index contributed by atoms with van der Waals surface area (Å²) >= 11 is 6.05. The molecule has 0 unspecified atom stereocenters. The molecule has 7 nitrogen and oxygen atoms in total. The van der Waals surface area contributed by atoms with Crippen LogP contribution in [-0.2, 0) is 18.4 Å². The molecule has 5 aromatic rings. The highest BCUT2D eigenvalue weighted by atomic mass is 35.5. The van der Waals surface area contributed by atoms with Crippen LogP contribution in [0.5, 0.6) is 5.75 Å². The van der Waals surface area contributed by atoms with Crippen LogP contribution < -0.4 is 15.6 Å². The molecule has 0 aliphatic carbocycles. The topological polar surface area (TPSA) is 77.6 Å². The van der Waals surface area contributed by atoms with Crippen LogP contribution in [0.25, 0.3) is 16.8 Å². The van der Waals surface area contributed by atoms with Crippen LogP contribution in [0.1, 0.15) is 29.0 Å². The third-order valence-electron chi connectivity index (χ3n) is 6.43. The molecule has 0 radical (unpaired) electrons. The number of para-hydroxylation sites is 2. The molecule has 0 saturated heterocycles. The second-order valence-electron chi connectivity index (χ2n) is 8.65. The number of benzene rings is 3. The first-order valence-corrected chi connectivity index (χ1v) is 11.6. The van der Waals surface area contributed by atoms with Crippen molar-refractivity contribution in [2.45, 2.75) is 18.9 Å². The first-order chi connectivity index (χ1) is 17.0. The fourth-order valence-electron chi connectivity index (χ4n) is 4.73. The summed E-state index contributed by atoms with van der Waals surface area (Å²) in [6, 6.07) is 22.7. The smallest absolute Gasteiger partial charge is 0.260 e. The molecular formula is C27H21ClN4O3. The van der Waals surface area contributed by atoms with Gasteiger partial charge in [0.25, 0.3) is 5.56 Å². The SMILES string of the molecule is Cn1c(=O)c2c(n3c4ccccc4nc13)NC(=O)C[C@H]2c1ccc(OCc2cccc(Cl)c2)cc1. The van der Waals surface area contributed by atoms with Crippen molar-refractivity contribution in [3.63, 3.8) is 0 Å². The Bertz CT molecular complexity index is 1670. The predicted octanol–water partition coefficient (Wildman–Crippen LogP) is 4.89. The summed E-state index contributed by atoms with van der Waals surface area (Å²) in [5.41, 5.74) is 3.81. The maximum absolute atomic E-state index is 13.5. The summed E-state index contributed by atoms with van der Waals surface area (Å²) in [5.74, 6) is 1.14. The molecule has 1 atom stereocenters. The Morgan fingerprint density at radius 2 is 1.86 bits per heavy atom. The maximum atomic E-state index is 13.5. The molecule has 8 heteroatoms. The predicted molar refractivity (Wildman–Crippen MR) is 135 cm³/mol. The van der Waals surface area contributed by atoms with E-state index in [1.807, 2.05) is 77.2 Å². The molecule has 3 heterocycles. The molecule has 1 aliphatic heterocycles. The van der Waals surface area contributed by atoms with Crippen LogP contribution in [0.4, 0.5) is 5.82 Å². The van der Waals surface area contributed by atoms with E-state index >= 15 is 0 Å². The normalized spacial score (nSPS) is 15.3. The van der Waals surface area contributed by atoms with Gasteiger partial charge in [-0.25, -0.2) is 4.98 Å². The first-order valence-electron chi connectivity index (χ1n) is 11.3. The fourth-order valence-corrected chi connectivity index (χ4v) is 4.95. The molecule has 0 spiro atoms. The number of nitrogens with zero attached hydrogens (tertiary/aromatic N) is 3. The Balaban J connectivity index is 1.40. The number of nitrogens with one attached hydrogen (secondary N) is 1. The van der Waals surface area contributed by atoms with Gasteiger partial charge in [0, 0.05) is 24.4 Å². The Labute approximate surface area is 205 Å².